The number of aryl methyl sites for hydroxylation is 2. The van der Waals surface area contributed by atoms with E-state index >= 15 is 0 Å². The van der Waals surface area contributed by atoms with E-state index in [9.17, 15) is 4.79 Å². The fourth-order valence-corrected chi connectivity index (χ4v) is 2.58. The SMILES string of the molecule is CCc1cccc(CC)c1NC(=O)/C=C/c1ccc(Br)cc1. The van der Waals surface area contributed by atoms with Crippen LogP contribution in [0.4, 0.5) is 5.69 Å². The second-order valence-corrected chi connectivity index (χ2v) is 5.95. The molecule has 1 N–H and O–H groups in total. The quantitative estimate of drug-likeness (QED) is 0.729. The average Bonchev–Trinajstić information content (AvgIpc) is 2.54. The summed E-state index contributed by atoms with van der Waals surface area (Å²) in [5.74, 6) is -0.0986. The highest BCUT2D eigenvalue weighted by molar-refractivity contribution is 9.10. The van der Waals surface area contributed by atoms with Gasteiger partial charge in [0.15, 0.2) is 0 Å². The molecule has 1 amide bonds. The lowest BCUT2D eigenvalue weighted by molar-refractivity contribution is -0.111. The van der Waals surface area contributed by atoms with Crippen LogP contribution < -0.4 is 5.32 Å². The first kappa shape index (κ1) is 16.5. The number of carbonyl (C=O) groups excluding carboxylic acids is 1. The highest BCUT2D eigenvalue weighted by Crippen LogP contribution is 2.22. The molecule has 2 aromatic rings. The van der Waals surface area contributed by atoms with Gasteiger partial charge in [0.2, 0.25) is 5.91 Å². The lowest BCUT2D eigenvalue weighted by atomic mass is 10.0. The van der Waals surface area contributed by atoms with Crippen LogP contribution in [0.5, 0.6) is 0 Å². The highest BCUT2D eigenvalue weighted by atomic mass is 79.9. The van der Waals surface area contributed by atoms with Crippen LogP contribution >= 0.6 is 15.9 Å². The molecule has 2 nitrogen and oxygen atoms in total. The summed E-state index contributed by atoms with van der Waals surface area (Å²) in [6.45, 7) is 4.20. The lowest BCUT2D eigenvalue weighted by Crippen LogP contribution is -2.11. The second kappa shape index (κ2) is 7.95. The van der Waals surface area contributed by atoms with E-state index in [2.05, 4.69) is 47.2 Å². The van der Waals surface area contributed by atoms with Gasteiger partial charge in [0.1, 0.15) is 0 Å². The first-order chi connectivity index (χ1) is 10.6. The van der Waals surface area contributed by atoms with Gasteiger partial charge in [-0.05, 0) is 47.7 Å². The molecule has 0 spiro atoms. The van der Waals surface area contributed by atoms with Gasteiger partial charge in [-0.2, -0.15) is 0 Å². The van der Waals surface area contributed by atoms with Crippen LogP contribution in [-0.4, -0.2) is 5.91 Å². The lowest BCUT2D eigenvalue weighted by Gasteiger charge is -2.13. The molecule has 0 saturated carbocycles. The van der Waals surface area contributed by atoms with Gasteiger partial charge in [-0.1, -0.05) is 60.1 Å². The number of benzene rings is 2. The third kappa shape index (κ3) is 4.31. The molecule has 0 aliphatic heterocycles. The topological polar surface area (TPSA) is 29.1 Å². The van der Waals surface area contributed by atoms with Crippen LogP contribution in [-0.2, 0) is 17.6 Å². The molecule has 2 aromatic carbocycles. The molecule has 114 valence electrons. The van der Waals surface area contributed by atoms with Crippen LogP contribution in [0, 0.1) is 0 Å². The summed E-state index contributed by atoms with van der Waals surface area (Å²) in [5.41, 5.74) is 4.30. The van der Waals surface area contributed by atoms with E-state index in [0.717, 1.165) is 28.6 Å². The van der Waals surface area contributed by atoms with Gasteiger partial charge < -0.3 is 5.32 Å². The summed E-state index contributed by atoms with van der Waals surface area (Å²) < 4.78 is 1.03. The molecule has 0 heterocycles. The molecule has 0 unspecified atom stereocenters. The fraction of sp³-hybridized carbons (Fsp3) is 0.211. The van der Waals surface area contributed by atoms with Gasteiger partial charge in [0.05, 0.1) is 0 Å². The van der Waals surface area contributed by atoms with Gasteiger partial charge in [-0.3, -0.25) is 4.79 Å². The summed E-state index contributed by atoms with van der Waals surface area (Å²) in [6, 6.07) is 14.0. The maximum absolute atomic E-state index is 12.2. The first-order valence-corrected chi connectivity index (χ1v) is 8.28. The van der Waals surface area contributed by atoms with Gasteiger partial charge in [0.25, 0.3) is 0 Å². The standard InChI is InChI=1S/C19H20BrNO/c1-3-15-6-5-7-16(4-2)19(15)21-18(22)13-10-14-8-11-17(20)12-9-14/h5-13H,3-4H2,1-2H3,(H,21,22)/b13-10+. The summed E-state index contributed by atoms with van der Waals surface area (Å²) in [6.07, 6.45) is 5.21. The Morgan fingerprint density at radius 2 is 1.64 bits per heavy atom. The molecule has 0 radical (unpaired) electrons. The Kier molecular flexibility index (Phi) is 5.96. The summed E-state index contributed by atoms with van der Waals surface area (Å²) in [4.78, 5) is 12.2. The Labute approximate surface area is 140 Å². The minimum Gasteiger partial charge on any atom is -0.322 e. The van der Waals surface area contributed by atoms with Gasteiger partial charge in [-0.15, -0.1) is 0 Å². The predicted molar refractivity (Wildman–Crippen MR) is 97.0 cm³/mol. The summed E-state index contributed by atoms with van der Waals surface area (Å²) in [7, 11) is 0. The van der Waals surface area contributed by atoms with Crippen molar-refractivity contribution in [1.82, 2.24) is 0 Å². The molecule has 0 atom stereocenters. The van der Waals surface area contributed by atoms with Gasteiger partial charge in [-0.25, -0.2) is 0 Å². The summed E-state index contributed by atoms with van der Waals surface area (Å²) in [5, 5.41) is 3.03. The molecule has 0 bridgehead atoms. The van der Waals surface area contributed by atoms with Crippen molar-refractivity contribution in [2.24, 2.45) is 0 Å². The Balaban J connectivity index is 2.13. The smallest absolute Gasteiger partial charge is 0.248 e. The molecule has 0 fully saturated rings. The van der Waals surface area contributed by atoms with Gasteiger partial charge >= 0.3 is 0 Å². The van der Waals surface area contributed by atoms with E-state index in [1.807, 2.05) is 36.4 Å². The van der Waals surface area contributed by atoms with Crippen LogP contribution in [0.2, 0.25) is 0 Å². The maximum Gasteiger partial charge on any atom is 0.248 e. The fourth-order valence-electron chi connectivity index (χ4n) is 2.31. The molecule has 22 heavy (non-hydrogen) atoms. The third-order valence-corrected chi connectivity index (χ3v) is 4.07. The monoisotopic (exact) mass is 357 g/mol. The molecule has 3 heteroatoms. The number of anilines is 1. The molecular formula is C19H20BrNO. The van der Waals surface area contributed by atoms with E-state index in [1.165, 1.54) is 11.1 Å². The number of hydrogen-bond donors (Lipinski definition) is 1. The van der Waals surface area contributed by atoms with Crippen molar-refractivity contribution in [2.75, 3.05) is 5.32 Å². The Hall–Kier alpha value is -1.87. The van der Waals surface area contributed by atoms with Crippen LogP contribution in [0.25, 0.3) is 6.08 Å². The Bertz CT molecular complexity index is 652. The zero-order valence-corrected chi connectivity index (χ0v) is 14.5. The van der Waals surface area contributed by atoms with Crippen LogP contribution in [0.3, 0.4) is 0 Å². The van der Waals surface area contributed by atoms with E-state index in [4.69, 9.17) is 0 Å². The second-order valence-electron chi connectivity index (χ2n) is 5.03. The van der Waals surface area contributed by atoms with E-state index in [0.29, 0.717) is 0 Å². The summed E-state index contributed by atoms with van der Waals surface area (Å²) >= 11 is 3.40. The van der Waals surface area contributed by atoms with Crippen LogP contribution in [0.1, 0.15) is 30.5 Å². The zero-order chi connectivity index (χ0) is 15.9. The highest BCUT2D eigenvalue weighted by Gasteiger charge is 2.08. The number of hydrogen-bond acceptors (Lipinski definition) is 1. The van der Waals surface area contributed by atoms with E-state index in [-0.39, 0.29) is 5.91 Å². The number of carbonyl (C=O) groups is 1. The van der Waals surface area contributed by atoms with Crippen molar-refractivity contribution in [3.63, 3.8) is 0 Å². The number of nitrogens with one attached hydrogen (secondary N) is 1. The van der Waals surface area contributed by atoms with E-state index < -0.39 is 0 Å². The number of halogens is 1. The van der Waals surface area contributed by atoms with Crippen molar-refractivity contribution in [3.8, 4) is 0 Å². The van der Waals surface area contributed by atoms with Crippen molar-refractivity contribution < 1.29 is 4.79 Å². The number of rotatable bonds is 5. The maximum atomic E-state index is 12.2. The van der Waals surface area contributed by atoms with E-state index in [1.54, 1.807) is 6.08 Å². The van der Waals surface area contributed by atoms with Crippen molar-refractivity contribution in [3.05, 3.63) is 69.7 Å². The van der Waals surface area contributed by atoms with Crippen molar-refractivity contribution in [2.45, 2.75) is 26.7 Å². The number of amides is 1. The number of para-hydroxylation sites is 1. The van der Waals surface area contributed by atoms with Gasteiger partial charge in [0, 0.05) is 16.2 Å². The Morgan fingerprint density at radius 3 is 2.18 bits per heavy atom. The molecule has 0 aromatic heterocycles. The molecule has 0 aliphatic carbocycles. The minimum absolute atomic E-state index is 0.0986. The zero-order valence-electron chi connectivity index (χ0n) is 12.9. The Morgan fingerprint density at radius 1 is 1.05 bits per heavy atom. The first-order valence-electron chi connectivity index (χ1n) is 7.49. The van der Waals surface area contributed by atoms with Crippen molar-refractivity contribution >= 4 is 33.6 Å². The minimum atomic E-state index is -0.0986. The average molecular weight is 358 g/mol. The predicted octanol–water partition coefficient (Wildman–Crippen LogP) is 5.23. The molecule has 0 saturated heterocycles. The normalized spacial score (nSPS) is 10.9. The van der Waals surface area contributed by atoms with Crippen LogP contribution in [0.15, 0.2) is 53.0 Å². The van der Waals surface area contributed by atoms with Crippen molar-refractivity contribution in [1.29, 1.82) is 0 Å². The third-order valence-electron chi connectivity index (χ3n) is 3.54. The largest absolute Gasteiger partial charge is 0.322 e. The molecule has 2 rings (SSSR count). The molecule has 0 aliphatic rings. The molecular weight excluding hydrogens is 338 g/mol.